The highest BCUT2D eigenvalue weighted by Gasteiger charge is 2.30. The average Bonchev–Trinajstić information content (AvgIpc) is 3.06. The maximum absolute atomic E-state index is 13.3. The van der Waals surface area contributed by atoms with Gasteiger partial charge in [-0.2, -0.15) is 0 Å². The van der Waals surface area contributed by atoms with Crippen LogP contribution in [0.1, 0.15) is 38.5 Å². The summed E-state index contributed by atoms with van der Waals surface area (Å²) in [4.78, 5) is 30.3. The van der Waals surface area contributed by atoms with Crippen molar-refractivity contribution in [2.45, 2.75) is 44.6 Å². The molecule has 1 saturated carbocycles. The van der Waals surface area contributed by atoms with Crippen molar-refractivity contribution >= 4 is 29.2 Å². The average molecular weight is 411 g/mol. The van der Waals surface area contributed by atoms with Crippen LogP contribution < -0.4 is 26.2 Å². The van der Waals surface area contributed by atoms with E-state index in [-0.39, 0.29) is 12.1 Å². The zero-order valence-electron chi connectivity index (χ0n) is 17.3. The second-order valence-corrected chi connectivity index (χ2v) is 7.86. The molecule has 1 aliphatic heterocycles. The molecule has 4 N–H and O–H groups in total. The number of hydrogen-bond donors (Lipinski definition) is 3. The number of amides is 2. The van der Waals surface area contributed by atoms with Gasteiger partial charge in [-0.25, -0.2) is 19.7 Å². The Labute approximate surface area is 177 Å². The summed E-state index contributed by atoms with van der Waals surface area (Å²) in [5, 5.41) is 6.30. The minimum atomic E-state index is -0.255. The van der Waals surface area contributed by atoms with E-state index in [0.717, 1.165) is 64.1 Å². The highest BCUT2D eigenvalue weighted by molar-refractivity contribution is 6.02. The zero-order valence-corrected chi connectivity index (χ0v) is 17.3. The summed E-state index contributed by atoms with van der Waals surface area (Å²) in [6.07, 6.45) is 9.35. The third-order valence-corrected chi connectivity index (χ3v) is 5.76. The van der Waals surface area contributed by atoms with Gasteiger partial charge in [0.05, 0.1) is 5.69 Å². The second-order valence-electron chi connectivity index (χ2n) is 7.86. The van der Waals surface area contributed by atoms with Crippen LogP contribution in [-0.4, -0.2) is 53.2 Å². The molecule has 160 valence electrons. The third kappa shape index (κ3) is 4.79. The second kappa shape index (κ2) is 9.71. The van der Waals surface area contributed by atoms with Crippen LogP contribution in [0.15, 0.2) is 30.7 Å². The minimum Gasteiger partial charge on any atom is -0.396 e. The van der Waals surface area contributed by atoms with Gasteiger partial charge in [-0.3, -0.25) is 10.2 Å². The summed E-state index contributed by atoms with van der Waals surface area (Å²) in [5.41, 5.74) is 6.86. The molecule has 0 radical (unpaired) electrons. The fourth-order valence-corrected chi connectivity index (χ4v) is 4.20. The topological polar surface area (TPSA) is 112 Å². The summed E-state index contributed by atoms with van der Waals surface area (Å²) in [7, 11) is 0. The number of carbonyl (C=O) groups excluding carboxylic acids is 1. The van der Waals surface area contributed by atoms with Crippen molar-refractivity contribution in [3.05, 3.63) is 30.7 Å². The Morgan fingerprint density at radius 1 is 1.13 bits per heavy atom. The maximum Gasteiger partial charge on any atom is 0.328 e. The molecule has 0 atom stereocenters. The van der Waals surface area contributed by atoms with Gasteiger partial charge in [0.15, 0.2) is 5.82 Å². The molecule has 0 bridgehead atoms. The summed E-state index contributed by atoms with van der Waals surface area (Å²) >= 11 is 0. The minimum absolute atomic E-state index is 0.0661. The predicted molar refractivity (Wildman–Crippen MR) is 119 cm³/mol. The van der Waals surface area contributed by atoms with Gasteiger partial charge in [0, 0.05) is 31.9 Å². The van der Waals surface area contributed by atoms with Gasteiger partial charge in [0.1, 0.15) is 18.0 Å². The maximum atomic E-state index is 13.3. The Morgan fingerprint density at radius 2 is 2.00 bits per heavy atom. The van der Waals surface area contributed by atoms with Crippen LogP contribution in [-0.2, 0) is 0 Å². The van der Waals surface area contributed by atoms with Crippen LogP contribution >= 0.6 is 0 Å². The number of aromatic nitrogens is 3. The number of hydrogen-bond acceptors (Lipinski definition) is 7. The van der Waals surface area contributed by atoms with E-state index in [1.165, 1.54) is 12.7 Å². The lowest BCUT2D eigenvalue weighted by molar-refractivity contribution is 0.252. The first kappa shape index (κ1) is 20.3. The Balaban J connectivity index is 1.65. The molecule has 0 spiro atoms. The molecule has 4 rings (SSSR count). The van der Waals surface area contributed by atoms with Crippen LogP contribution in [0.2, 0.25) is 0 Å². The van der Waals surface area contributed by atoms with Gasteiger partial charge in [-0.05, 0) is 44.0 Å². The normalized spacial score (nSPS) is 17.9. The predicted octanol–water partition coefficient (Wildman–Crippen LogP) is 2.62. The van der Waals surface area contributed by atoms with E-state index in [1.807, 2.05) is 12.1 Å². The number of nitrogens with two attached hydrogens (primary N) is 1. The molecule has 9 heteroatoms. The smallest absolute Gasteiger partial charge is 0.328 e. The summed E-state index contributed by atoms with van der Waals surface area (Å²) in [6, 6.07) is 5.30. The Hall–Kier alpha value is -2.94. The highest BCUT2D eigenvalue weighted by Crippen LogP contribution is 2.32. The molecule has 1 aliphatic carbocycles. The standard InChI is InChI=1S/C21H30N8O/c22-17-7-8-19(28-13-4-10-23-12-14-28)27-20(17)29(16-5-2-1-3-6-16)21(30)26-18-9-11-24-15-25-18/h7-9,11,15-16,23H,1-6,10,12-14,22H2,(H,24,25,26,30). The monoisotopic (exact) mass is 410 g/mol. The molecular weight excluding hydrogens is 380 g/mol. The lowest BCUT2D eigenvalue weighted by Crippen LogP contribution is -2.45. The highest BCUT2D eigenvalue weighted by atomic mass is 16.2. The van der Waals surface area contributed by atoms with E-state index in [1.54, 1.807) is 17.2 Å². The number of nitrogens with zero attached hydrogens (tertiary/aromatic N) is 5. The van der Waals surface area contributed by atoms with Crippen LogP contribution in [0, 0.1) is 0 Å². The fraction of sp³-hybridized carbons (Fsp3) is 0.524. The van der Waals surface area contributed by atoms with Crippen LogP contribution in [0.4, 0.5) is 27.9 Å². The molecule has 2 aromatic heterocycles. The van der Waals surface area contributed by atoms with Gasteiger partial charge < -0.3 is 16.0 Å². The summed E-state index contributed by atoms with van der Waals surface area (Å²) < 4.78 is 0. The molecule has 2 aliphatic rings. The van der Waals surface area contributed by atoms with E-state index in [0.29, 0.717) is 17.3 Å². The molecule has 1 saturated heterocycles. The molecule has 0 unspecified atom stereocenters. The molecule has 3 heterocycles. The van der Waals surface area contributed by atoms with E-state index in [2.05, 4.69) is 25.5 Å². The Kier molecular flexibility index (Phi) is 6.58. The van der Waals surface area contributed by atoms with Crippen molar-refractivity contribution in [1.29, 1.82) is 0 Å². The Morgan fingerprint density at radius 3 is 2.80 bits per heavy atom. The van der Waals surface area contributed by atoms with E-state index >= 15 is 0 Å². The fourth-order valence-electron chi connectivity index (χ4n) is 4.20. The third-order valence-electron chi connectivity index (χ3n) is 5.76. The summed E-state index contributed by atoms with van der Waals surface area (Å²) in [6.45, 7) is 3.74. The number of pyridine rings is 1. The van der Waals surface area contributed by atoms with E-state index in [9.17, 15) is 4.79 Å². The zero-order chi connectivity index (χ0) is 20.8. The molecule has 0 aromatic carbocycles. The molecule has 30 heavy (non-hydrogen) atoms. The van der Waals surface area contributed by atoms with Crippen LogP contribution in [0.3, 0.4) is 0 Å². The number of carbonyl (C=O) groups is 1. The van der Waals surface area contributed by atoms with Crippen molar-refractivity contribution < 1.29 is 4.79 Å². The van der Waals surface area contributed by atoms with Crippen LogP contribution in [0.5, 0.6) is 0 Å². The molecular formula is C21H30N8O. The number of urea groups is 1. The van der Waals surface area contributed by atoms with Crippen LogP contribution in [0.25, 0.3) is 0 Å². The van der Waals surface area contributed by atoms with Gasteiger partial charge in [0.25, 0.3) is 0 Å². The Bertz CT molecular complexity index is 832. The lowest BCUT2D eigenvalue weighted by Gasteiger charge is -2.34. The molecule has 2 fully saturated rings. The van der Waals surface area contributed by atoms with Crippen molar-refractivity contribution in [2.24, 2.45) is 0 Å². The number of anilines is 4. The van der Waals surface area contributed by atoms with Gasteiger partial charge in [0.2, 0.25) is 0 Å². The van der Waals surface area contributed by atoms with E-state index < -0.39 is 0 Å². The molecule has 9 nitrogen and oxygen atoms in total. The number of rotatable bonds is 4. The molecule has 2 aromatic rings. The van der Waals surface area contributed by atoms with Gasteiger partial charge in [-0.15, -0.1) is 0 Å². The van der Waals surface area contributed by atoms with Crippen molar-refractivity contribution in [3.8, 4) is 0 Å². The van der Waals surface area contributed by atoms with Crippen molar-refractivity contribution in [1.82, 2.24) is 20.3 Å². The first-order valence-corrected chi connectivity index (χ1v) is 10.8. The largest absolute Gasteiger partial charge is 0.396 e. The summed E-state index contributed by atoms with van der Waals surface area (Å²) in [5.74, 6) is 1.85. The first-order valence-electron chi connectivity index (χ1n) is 10.8. The van der Waals surface area contributed by atoms with E-state index in [4.69, 9.17) is 10.7 Å². The quantitative estimate of drug-likeness (QED) is 0.710. The number of nitrogens with one attached hydrogen (secondary N) is 2. The SMILES string of the molecule is Nc1ccc(N2CCCNCC2)nc1N(C(=O)Nc1ccncn1)C1CCCCC1. The first-order chi connectivity index (χ1) is 14.7. The molecule has 2 amide bonds. The number of nitrogen functional groups attached to an aromatic ring is 1. The van der Waals surface area contributed by atoms with Gasteiger partial charge >= 0.3 is 6.03 Å². The van der Waals surface area contributed by atoms with Crippen molar-refractivity contribution in [2.75, 3.05) is 47.0 Å². The lowest BCUT2D eigenvalue weighted by atomic mass is 9.94. The van der Waals surface area contributed by atoms with Gasteiger partial charge in [-0.1, -0.05) is 19.3 Å². The van der Waals surface area contributed by atoms with Crippen molar-refractivity contribution in [3.63, 3.8) is 0 Å².